The molecule has 29 heteroatoms. The average Bonchev–Trinajstić information content (AvgIpc) is 1.81. The van der Waals surface area contributed by atoms with Crippen LogP contribution in [-0.4, -0.2) is 240 Å². The van der Waals surface area contributed by atoms with Gasteiger partial charge in [0.05, 0.1) is 31.8 Å². The summed E-state index contributed by atoms with van der Waals surface area (Å²) in [6.07, 6.45) is 4.81. The van der Waals surface area contributed by atoms with Crippen molar-refractivity contribution in [3.8, 4) is 0 Å². The number of likely N-dealkylation sites (N-methyl/N-ethyl adjacent to an activating group) is 3. The van der Waals surface area contributed by atoms with Crippen LogP contribution in [0.5, 0.6) is 0 Å². The van der Waals surface area contributed by atoms with Gasteiger partial charge in [-0.3, -0.25) is 62.3 Å². The third-order valence-electron chi connectivity index (χ3n) is 20.2. The van der Waals surface area contributed by atoms with Crippen molar-refractivity contribution >= 4 is 82.6 Å². The van der Waals surface area contributed by atoms with Crippen molar-refractivity contribution in [3.63, 3.8) is 0 Å². The van der Waals surface area contributed by atoms with Crippen molar-refractivity contribution in [1.29, 1.82) is 0 Å². The number of rotatable bonds is 47. The molecule has 3 aromatic rings. The van der Waals surface area contributed by atoms with Gasteiger partial charge in [-0.2, -0.15) is 0 Å². The molecular weight excluding hydrogens is 1420 g/mol. The molecule has 12 amide bonds. The number of carbonyl (C=O) groups is 14. The van der Waals surface area contributed by atoms with E-state index in [1.165, 1.54) is 45.6 Å². The van der Waals surface area contributed by atoms with Gasteiger partial charge in [0, 0.05) is 59.5 Å². The van der Waals surface area contributed by atoms with Crippen LogP contribution >= 0.6 is 0 Å². The van der Waals surface area contributed by atoms with E-state index in [1.807, 2.05) is 85.7 Å². The number of unbranched alkanes of at least 4 members (excludes halogenated alkanes) is 2. The molecule has 0 aromatic heterocycles. The molecule has 2 aliphatic rings. The fourth-order valence-corrected chi connectivity index (χ4v) is 14.1. The molecule has 0 unspecified atom stereocenters. The largest absolute Gasteiger partial charge is 0.480 e. The van der Waals surface area contributed by atoms with Crippen molar-refractivity contribution in [2.75, 3.05) is 67.1 Å². The second-order valence-electron chi connectivity index (χ2n) is 30.7. The quantitative estimate of drug-likeness (QED) is 0.0361. The van der Waals surface area contributed by atoms with Crippen LogP contribution in [0.1, 0.15) is 169 Å². The zero-order valence-electron chi connectivity index (χ0n) is 67.1. The van der Waals surface area contributed by atoms with E-state index in [1.54, 1.807) is 67.6 Å². The van der Waals surface area contributed by atoms with Crippen LogP contribution in [0.4, 0.5) is 0 Å². The molecule has 0 spiro atoms. The Morgan fingerprint density at radius 1 is 0.505 bits per heavy atom. The minimum absolute atomic E-state index is 0.0110. The summed E-state index contributed by atoms with van der Waals surface area (Å²) >= 11 is 0. The number of ketones is 1. The van der Waals surface area contributed by atoms with Crippen LogP contribution < -0.4 is 43.0 Å². The van der Waals surface area contributed by atoms with E-state index in [2.05, 4.69) is 37.2 Å². The Hall–Kier alpha value is -9.64. The van der Waals surface area contributed by atoms with Gasteiger partial charge in [-0.25, -0.2) is 4.79 Å². The van der Waals surface area contributed by atoms with E-state index >= 15 is 4.79 Å². The number of nitrogens with two attached hydrogens (primary N) is 1. The normalized spacial score (nSPS) is 16.5. The van der Waals surface area contributed by atoms with Gasteiger partial charge in [0.2, 0.25) is 70.9 Å². The Morgan fingerprint density at radius 3 is 1.50 bits per heavy atom. The number of nitrogens with zero attached hydrogens (tertiary/aromatic N) is 5. The van der Waals surface area contributed by atoms with Crippen molar-refractivity contribution in [2.45, 2.75) is 232 Å². The van der Waals surface area contributed by atoms with Gasteiger partial charge in [0.15, 0.2) is 5.78 Å². The number of aliphatic carboxylic acids is 1. The van der Waals surface area contributed by atoms with Crippen LogP contribution in [0.3, 0.4) is 0 Å². The number of hydrogen-bond donors (Lipinski definition) is 9. The van der Waals surface area contributed by atoms with Crippen molar-refractivity contribution in [3.05, 3.63) is 108 Å². The summed E-state index contributed by atoms with van der Waals surface area (Å²) in [5.41, 5.74) is 8.52. The van der Waals surface area contributed by atoms with Gasteiger partial charge >= 0.3 is 5.97 Å². The maximum absolute atomic E-state index is 15.0. The highest BCUT2D eigenvalue weighted by molar-refractivity contribution is 5.99. The van der Waals surface area contributed by atoms with Gasteiger partial charge in [0.1, 0.15) is 54.9 Å². The van der Waals surface area contributed by atoms with Crippen LogP contribution in [0, 0.1) is 23.7 Å². The second-order valence-corrected chi connectivity index (χ2v) is 30.7. The Kier molecular flexibility index (Phi) is 38.9. The number of carbonyl (C=O) groups excluding carboxylic acids is 13. The number of carboxylic acids is 1. The summed E-state index contributed by atoms with van der Waals surface area (Å²) in [7, 11) is 4.43. The predicted molar refractivity (Wildman–Crippen MR) is 419 cm³/mol. The van der Waals surface area contributed by atoms with Gasteiger partial charge in [-0.15, -0.1) is 0 Å². The summed E-state index contributed by atoms with van der Waals surface area (Å²) in [5, 5.41) is 28.3. The highest BCUT2D eigenvalue weighted by Gasteiger charge is 2.43. The van der Waals surface area contributed by atoms with Crippen molar-refractivity contribution in [2.24, 2.45) is 29.4 Å². The summed E-state index contributed by atoms with van der Waals surface area (Å²) < 4.78 is 5.06. The Balaban J connectivity index is 1.26. The summed E-state index contributed by atoms with van der Waals surface area (Å²) in [4.78, 5) is 203. The first-order valence-electron chi connectivity index (χ1n) is 39.4. The molecule has 0 saturated carbocycles. The third-order valence-corrected chi connectivity index (χ3v) is 20.2. The maximum Gasteiger partial charge on any atom is 0.329 e. The highest BCUT2D eigenvalue weighted by atomic mass is 16.5. The van der Waals surface area contributed by atoms with E-state index in [4.69, 9.17) is 15.6 Å². The highest BCUT2D eigenvalue weighted by Crippen LogP contribution is 2.27. The zero-order valence-corrected chi connectivity index (χ0v) is 67.1. The lowest BCUT2D eigenvalue weighted by atomic mass is 9.90. The lowest BCUT2D eigenvalue weighted by Crippen LogP contribution is -2.59. The first kappa shape index (κ1) is 92.0. The molecule has 0 aliphatic carbocycles. The molecule has 2 aliphatic heterocycles. The monoisotopic (exact) mass is 1550 g/mol. The Morgan fingerprint density at radius 2 is 0.964 bits per heavy atom. The lowest BCUT2D eigenvalue weighted by molar-refractivity contribution is -0.149. The van der Waals surface area contributed by atoms with Crippen LogP contribution in [0.25, 0.3) is 0 Å². The van der Waals surface area contributed by atoms with E-state index in [0.717, 1.165) is 5.56 Å². The zero-order chi connectivity index (χ0) is 82.0. The fraction of sp³-hybridized carbons (Fsp3) is 0.610. The summed E-state index contributed by atoms with van der Waals surface area (Å²) in [6.45, 7) is 15.2. The molecule has 2 heterocycles. The number of hydrogen-bond acceptors (Lipinski definition) is 16. The molecule has 10 N–H and O–H groups in total. The van der Waals surface area contributed by atoms with Crippen molar-refractivity contribution in [1.82, 2.24) is 61.7 Å². The van der Waals surface area contributed by atoms with E-state index in [0.29, 0.717) is 49.7 Å². The first-order valence-corrected chi connectivity index (χ1v) is 39.4. The van der Waals surface area contributed by atoms with E-state index in [9.17, 15) is 62.3 Å². The third kappa shape index (κ3) is 29.8. The average molecular weight is 1550 g/mol. The van der Waals surface area contributed by atoms with Gasteiger partial charge < -0.3 is 77.3 Å². The number of ether oxygens (including phenoxy) is 1. The van der Waals surface area contributed by atoms with E-state index in [-0.39, 0.29) is 115 Å². The summed E-state index contributed by atoms with van der Waals surface area (Å²) in [5.74, 6) is -9.93. The minimum Gasteiger partial charge on any atom is -0.480 e. The number of likely N-dealkylation sites (tertiary alicyclic amines) is 2. The van der Waals surface area contributed by atoms with Crippen LogP contribution in [-0.2, 0) is 91.1 Å². The number of Topliss-reactive ketones (excluding diaryl/α,β-unsaturated/α-hetero) is 1. The second kappa shape index (κ2) is 46.9. The summed E-state index contributed by atoms with van der Waals surface area (Å²) in [6, 6.07) is 16.6. The fourth-order valence-electron chi connectivity index (χ4n) is 14.1. The molecule has 5 rings (SSSR count). The topological polar surface area (TPSA) is 395 Å². The smallest absolute Gasteiger partial charge is 0.329 e. The molecule has 29 nitrogen and oxygen atoms in total. The molecular formula is C82H123N13O16. The molecule has 0 bridgehead atoms. The number of benzene rings is 3. The van der Waals surface area contributed by atoms with Gasteiger partial charge in [-0.1, -0.05) is 172 Å². The molecule has 612 valence electrons. The van der Waals surface area contributed by atoms with Gasteiger partial charge in [-0.05, 0) is 112 Å². The standard InChI is InChI=1S/C82H123N13O16/c1-13-15-34-66(77(105)89-61(42-52(3)4)75(103)84-38-41-111-51-72(99)100)92(11)82(110)68(35-16-14-2)93(12)79(107)64(47-58-32-24-19-25-33-58)88-70(97)49-85-74(102)59(45-56-28-20-17-21-29-56)48-69(96)65-36-26-39-94(65)80(108)62(43-53(5)6)87-71(98)50-86-76(104)67-37-27-40-95(67)81(109)63(44-54(7)8)90-73(101)55(9)91(10)78(106)60(83)46-57-30-22-18-23-31-57/h17-25,28-33,52-55,59-68H,13-16,26-27,34-51,83H2,1-12H3,(H,84,103)(H,85,102)(H,86,104)(H,87,98)(H,88,97)(H,89,105)(H,90,101)(H,99,100)/t55-,59+,60-,61-,62-,63-,64-,65-,66-,67-,68-/m0/s1. The lowest BCUT2D eigenvalue weighted by Gasteiger charge is -2.36. The van der Waals surface area contributed by atoms with E-state index < -0.39 is 169 Å². The minimum atomic E-state index is -1.28. The number of amides is 12. The Labute approximate surface area is 654 Å². The molecule has 11 atom stereocenters. The van der Waals surface area contributed by atoms with Crippen LogP contribution in [0.2, 0.25) is 0 Å². The number of nitrogens with one attached hydrogen (secondary N) is 7. The molecule has 2 fully saturated rings. The Bertz CT molecular complexity index is 3570. The first-order chi connectivity index (χ1) is 52.8. The molecule has 0 radical (unpaired) electrons. The molecule has 2 saturated heterocycles. The predicted octanol–water partition coefficient (Wildman–Crippen LogP) is 4.01. The molecule has 111 heavy (non-hydrogen) atoms. The SMILES string of the molecule is CCCC[C@@H](C(=O)N(C)[C@@H](CCCC)C(=O)N[C@@H](CC(C)C)C(=O)NCCOCC(=O)O)N(C)C(=O)[C@H](Cc1ccccc1)NC(=O)CNC(=O)[C@@H](CC(=O)[C@@H]1CCCN1C(=O)[C@H](CC(C)C)NC(=O)CNC(=O)[C@@H]1CCCN1C(=O)[C@H](CC(C)C)NC(=O)[C@H](C)N(C)C(=O)[C@@H](N)Cc1ccccc1)Cc1ccccc1. The molecule has 3 aromatic carbocycles. The van der Waals surface area contributed by atoms with Crippen molar-refractivity contribution < 1.29 is 77.0 Å². The van der Waals surface area contributed by atoms with Crippen LogP contribution in [0.15, 0.2) is 91.0 Å². The maximum atomic E-state index is 15.0. The van der Waals surface area contributed by atoms with Gasteiger partial charge in [0.25, 0.3) is 0 Å². The number of carboxylic acid groups (broad SMARTS) is 1.